The summed E-state index contributed by atoms with van der Waals surface area (Å²) in [5, 5.41) is 9.21. The summed E-state index contributed by atoms with van der Waals surface area (Å²) in [6.45, 7) is 0. The average Bonchev–Trinajstić information content (AvgIpc) is 2.43. The number of hydrogen-bond acceptors (Lipinski definition) is 3. The lowest BCUT2D eigenvalue weighted by atomic mass is 10.2. The van der Waals surface area contributed by atoms with E-state index in [2.05, 4.69) is 20.7 Å². The maximum atomic E-state index is 12.3. The second-order valence-electron chi connectivity index (χ2n) is 3.99. The van der Waals surface area contributed by atoms with E-state index in [-0.39, 0.29) is 14.9 Å². The summed E-state index contributed by atoms with van der Waals surface area (Å²) in [6, 6.07) is 10.5. The Bertz CT molecular complexity index is 848. The Morgan fingerprint density at radius 3 is 2.38 bits per heavy atom. The van der Waals surface area contributed by atoms with Gasteiger partial charge < -0.3 is 0 Å². The molecule has 4 nitrogen and oxygen atoms in total. The normalized spacial score (nSPS) is 11.0. The van der Waals surface area contributed by atoms with E-state index in [4.69, 9.17) is 28.5 Å². The summed E-state index contributed by atoms with van der Waals surface area (Å²) in [6.07, 6.45) is 0. The summed E-state index contributed by atoms with van der Waals surface area (Å²) >= 11 is 14.8. The van der Waals surface area contributed by atoms with Gasteiger partial charge >= 0.3 is 0 Å². The zero-order valence-electron chi connectivity index (χ0n) is 10.3. The quantitative estimate of drug-likeness (QED) is 0.820. The fourth-order valence-electron chi connectivity index (χ4n) is 1.52. The van der Waals surface area contributed by atoms with Crippen LogP contribution < -0.4 is 4.72 Å². The Kier molecular flexibility index (Phi) is 4.79. The van der Waals surface area contributed by atoms with Crippen LogP contribution in [-0.4, -0.2) is 8.42 Å². The van der Waals surface area contributed by atoms with Crippen molar-refractivity contribution < 1.29 is 8.42 Å². The number of halogens is 3. The molecule has 0 fully saturated rings. The molecule has 0 aliphatic carbocycles. The van der Waals surface area contributed by atoms with Crippen molar-refractivity contribution in [3.05, 3.63) is 56.5 Å². The molecule has 0 bridgehead atoms. The van der Waals surface area contributed by atoms with Gasteiger partial charge in [-0.05, 0) is 52.3 Å². The summed E-state index contributed by atoms with van der Waals surface area (Å²) in [5.74, 6) is 0. The highest BCUT2D eigenvalue weighted by Crippen LogP contribution is 2.28. The van der Waals surface area contributed by atoms with Crippen LogP contribution in [0.1, 0.15) is 5.56 Å². The minimum atomic E-state index is -3.80. The second-order valence-corrected chi connectivity index (χ2v) is 7.34. The molecule has 8 heteroatoms. The molecule has 2 aromatic rings. The summed E-state index contributed by atoms with van der Waals surface area (Å²) < 4.78 is 27.4. The van der Waals surface area contributed by atoms with Gasteiger partial charge in [-0.1, -0.05) is 23.2 Å². The first-order valence-corrected chi connectivity index (χ1v) is 8.54. The smallest absolute Gasteiger partial charge is 0.261 e. The van der Waals surface area contributed by atoms with Gasteiger partial charge in [-0.3, -0.25) is 4.72 Å². The number of nitrogens with zero attached hydrogens (tertiary/aromatic N) is 1. The van der Waals surface area contributed by atoms with Crippen LogP contribution in [0.25, 0.3) is 0 Å². The molecule has 21 heavy (non-hydrogen) atoms. The number of nitrogens with one attached hydrogen (secondary N) is 1. The third kappa shape index (κ3) is 3.69. The number of hydrogen-bond donors (Lipinski definition) is 1. The van der Waals surface area contributed by atoms with Gasteiger partial charge in [-0.15, -0.1) is 0 Å². The lowest BCUT2D eigenvalue weighted by molar-refractivity contribution is 0.601. The molecule has 0 atom stereocenters. The van der Waals surface area contributed by atoms with Crippen LogP contribution in [0.4, 0.5) is 5.69 Å². The first kappa shape index (κ1) is 16.1. The van der Waals surface area contributed by atoms with Crippen LogP contribution in [0.3, 0.4) is 0 Å². The predicted octanol–water partition coefficient (Wildman–Crippen LogP) is 4.43. The second kappa shape index (κ2) is 6.24. The SMILES string of the molecule is N#Cc1ccc(NS(=O)(=O)c2ccc(Cl)c(Cl)c2)c(Br)c1. The van der Waals surface area contributed by atoms with Gasteiger partial charge in [0.2, 0.25) is 0 Å². The first-order chi connectivity index (χ1) is 9.83. The van der Waals surface area contributed by atoms with Crippen LogP contribution in [-0.2, 0) is 10.0 Å². The molecule has 0 unspecified atom stereocenters. The summed E-state index contributed by atoms with van der Waals surface area (Å²) in [4.78, 5) is -0.00633. The number of sulfonamides is 1. The van der Waals surface area contributed by atoms with Crippen LogP contribution >= 0.6 is 39.1 Å². The highest BCUT2D eigenvalue weighted by atomic mass is 79.9. The molecule has 0 amide bonds. The van der Waals surface area contributed by atoms with E-state index in [1.165, 1.54) is 36.4 Å². The number of nitriles is 1. The number of rotatable bonds is 3. The van der Waals surface area contributed by atoms with Crippen LogP contribution in [0.15, 0.2) is 45.8 Å². The number of benzene rings is 2. The zero-order chi connectivity index (χ0) is 15.6. The summed E-state index contributed by atoms with van der Waals surface area (Å²) in [7, 11) is -3.80. The van der Waals surface area contributed by atoms with E-state index >= 15 is 0 Å². The molecular weight excluding hydrogens is 399 g/mol. The van der Waals surface area contributed by atoms with E-state index in [1.807, 2.05) is 6.07 Å². The topological polar surface area (TPSA) is 70.0 Å². The molecule has 0 saturated heterocycles. The lowest BCUT2D eigenvalue weighted by Gasteiger charge is -2.10. The standard InChI is InChI=1S/C13H7BrCl2N2O2S/c14-10-5-8(7-17)1-4-13(10)18-21(19,20)9-2-3-11(15)12(16)6-9/h1-6,18H. The Balaban J connectivity index is 2.37. The minimum absolute atomic E-state index is 0.00633. The van der Waals surface area contributed by atoms with E-state index < -0.39 is 10.0 Å². The van der Waals surface area contributed by atoms with Crippen molar-refractivity contribution in [2.45, 2.75) is 4.90 Å². The third-order valence-corrected chi connectivity index (χ3v) is 5.30. The van der Waals surface area contributed by atoms with Gasteiger partial charge in [0.05, 0.1) is 32.3 Å². The van der Waals surface area contributed by atoms with Gasteiger partial charge in [0.25, 0.3) is 10.0 Å². The highest BCUT2D eigenvalue weighted by molar-refractivity contribution is 9.10. The van der Waals surface area contributed by atoms with Crippen molar-refractivity contribution in [2.75, 3.05) is 4.72 Å². The summed E-state index contributed by atoms with van der Waals surface area (Å²) in [5.41, 5.74) is 0.736. The van der Waals surface area contributed by atoms with Crippen LogP contribution in [0, 0.1) is 11.3 Å². The van der Waals surface area contributed by atoms with Crippen molar-refractivity contribution in [3.63, 3.8) is 0 Å². The molecule has 0 aromatic heterocycles. The van der Waals surface area contributed by atoms with Crippen molar-refractivity contribution in [3.8, 4) is 6.07 Å². The predicted molar refractivity (Wildman–Crippen MR) is 86.1 cm³/mol. The maximum Gasteiger partial charge on any atom is 0.261 e. The molecule has 0 heterocycles. The molecule has 1 N–H and O–H groups in total. The van der Waals surface area contributed by atoms with E-state index in [0.29, 0.717) is 15.7 Å². The third-order valence-electron chi connectivity index (χ3n) is 2.54. The molecule has 2 aromatic carbocycles. The molecule has 108 valence electrons. The highest BCUT2D eigenvalue weighted by Gasteiger charge is 2.17. The Morgan fingerprint density at radius 1 is 1.10 bits per heavy atom. The van der Waals surface area contributed by atoms with Gasteiger partial charge in [0.1, 0.15) is 0 Å². The Morgan fingerprint density at radius 2 is 1.81 bits per heavy atom. The van der Waals surface area contributed by atoms with E-state index in [9.17, 15) is 8.42 Å². The lowest BCUT2D eigenvalue weighted by Crippen LogP contribution is -2.13. The van der Waals surface area contributed by atoms with Crippen LogP contribution in [0.2, 0.25) is 10.0 Å². The van der Waals surface area contributed by atoms with Gasteiger partial charge in [0.15, 0.2) is 0 Å². The molecular formula is C13H7BrCl2N2O2S. The average molecular weight is 406 g/mol. The largest absolute Gasteiger partial charge is 0.278 e. The fourth-order valence-corrected chi connectivity index (χ4v) is 3.59. The molecule has 0 spiro atoms. The monoisotopic (exact) mass is 404 g/mol. The van der Waals surface area contributed by atoms with Crippen LogP contribution in [0.5, 0.6) is 0 Å². The fraction of sp³-hybridized carbons (Fsp3) is 0. The molecule has 0 aliphatic rings. The molecule has 0 radical (unpaired) electrons. The van der Waals surface area contributed by atoms with Gasteiger partial charge in [-0.2, -0.15) is 5.26 Å². The van der Waals surface area contributed by atoms with E-state index in [0.717, 1.165) is 0 Å². The Hall–Kier alpha value is -1.26. The zero-order valence-corrected chi connectivity index (χ0v) is 14.2. The van der Waals surface area contributed by atoms with Crippen molar-refractivity contribution >= 4 is 54.8 Å². The Labute approximate surface area is 140 Å². The minimum Gasteiger partial charge on any atom is -0.278 e. The van der Waals surface area contributed by atoms with Gasteiger partial charge in [-0.25, -0.2) is 8.42 Å². The number of anilines is 1. The maximum absolute atomic E-state index is 12.3. The van der Waals surface area contributed by atoms with Crippen molar-refractivity contribution in [1.82, 2.24) is 0 Å². The first-order valence-electron chi connectivity index (χ1n) is 5.51. The van der Waals surface area contributed by atoms with E-state index in [1.54, 1.807) is 0 Å². The van der Waals surface area contributed by atoms with Crippen molar-refractivity contribution in [2.24, 2.45) is 0 Å². The van der Waals surface area contributed by atoms with Gasteiger partial charge in [0, 0.05) is 4.47 Å². The molecule has 2 rings (SSSR count). The van der Waals surface area contributed by atoms with Crippen molar-refractivity contribution in [1.29, 1.82) is 5.26 Å². The molecule has 0 saturated carbocycles. The molecule has 0 aliphatic heterocycles.